The molecule has 0 bridgehead atoms. The molecule has 2 N–H and O–H groups in total. The molecular formula is C13H17BrN4O. The molecule has 19 heavy (non-hydrogen) atoms. The zero-order valence-electron chi connectivity index (χ0n) is 10.8. The van der Waals surface area contributed by atoms with E-state index in [9.17, 15) is 0 Å². The van der Waals surface area contributed by atoms with E-state index < -0.39 is 0 Å². The molecule has 0 saturated carbocycles. The molecule has 2 rings (SSSR count). The molecule has 0 radical (unpaired) electrons. The number of benzene rings is 1. The molecule has 1 aromatic carbocycles. The average molecular weight is 325 g/mol. The van der Waals surface area contributed by atoms with Gasteiger partial charge in [0.1, 0.15) is 0 Å². The first-order valence-corrected chi connectivity index (χ1v) is 7.08. The van der Waals surface area contributed by atoms with Gasteiger partial charge in [0, 0.05) is 11.0 Å². The highest BCUT2D eigenvalue weighted by atomic mass is 79.9. The summed E-state index contributed by atoms with van der Waals surface area (Å²) in [5.41, 5.74) is 1.16. The van der Waals surface area contributed by atoms with Gasteiger partial charge in [0.05, 0.1) is 6.54 Å². The van der Waals surface area contributed by atoms with Crippen LogP contribution in [0.4, 0.5) is 6.01 Å². The fourth-order valence-electron chi connectivity index (χ4n) is 1.55. The lowest BCUT2D eigenvalue weighted by atomic mass is 10.2. The second-order valence-corrected chi connectivity index (χ2v) is 5.07. The van der Waals surface area contributed by atoms with Crippen LogP contribution in [-0.2, 0) is 13.1 Å². The van der Waals surface area contributed by atoms with Gasteiger partial charge in [0.25, 0.3) is 0 Å². The Bertz CT molecular complexity index is 498. The summed E-state index contributed by atoms with van der Waals surface area (Å²) in [6.07, 6.45) is 1.09. The summed E-state index contributed by atoms with van der Waals surface area (Å²) in [6, 6.07) is 8.54. The van der Waals surface area contributed by atoms with Crippen LogP contribution in [0.3, 0.4) is 0 Å². The number of rotatable bonds is 7. The molecular weight excluding hydrogens is 308 g/mol. The molecule has 102 valence electrons. The Morgan fingerprint density at radius 2 is 1.95 bits per heavy atom. The van der Waals surface area contributed by atoms with E-state index in [1.807, 2.05) is 24.3 Å². The third-order valence-electron chi connectivity index (χ3n) is 2.53. The van der Waals surface area contributed by atoms with E-state index in [1.165, 1.54) is 0 Å². The number of nitrogens with one attached hydrogen (secondary N) is 2. The van der Waals surface area contributed by atoms with Crippen LogP contribution in [0.1, 0.15) is 24.8 Å². The maximum absolute atomic E-state index is 5.47. The van der Waals surface area contributed by atoms with Crippen LogP contribution < -0.4 is 10.6 Å². The molecule has 0 aliphatic rings. The predicted molar refractivity (Wildman–Crippen MR) is 77.8 cm³/mol. The van der Waals surface area contributed by atoms with E-state index >= 15 is 0 Å². The molecule has 0 amide bonds. The molecule has 6 heteroatoms. The fourth-order valence-corrected chi connectivity index (χ4v) is 1.81. The van der Waals surface area contributed by atoms with Crippen molar-refractivity contribution in [3.8, 4) is 0 Å². The summed E-state index contributed by atoms with van der Waals surface area (Å²) in [6.45, 7) is 4.34. The van der Waals surface area contributed by atoms with Gasteiger partial charge >= 0.3 is 6.01 Å². The zero-order valence-corrected chi connectivity index (χ0v) is 12.4. The van der Waals surface area contributed by atoms with Gasteiger partial charge in [-0.3, -0.25) is 0 Å². The molecule has 0 aliphatic carbocycles. The summed E-state index contributed by atoms with van der Waals surface area (Å²) in [7, 11) is 0. The largest absolute Gasteiger partial charge is 0.407 e. The molecule has 0 atom stereocenters. The molecule has 1 heterocycles. The Morgan fingerprint density at radius 3 is 2.68 bits per heavy atom. The van der Waals surface area contributed by atoms with Gasteiger partial charge in [-0.2, -0.15) is 0 Å². The number of hydrogen-bond donors (Lipinski definition) is 2. The number of anilines is 1. The average Bonchev–Trinajstić information content (AvgIpc) is 2.86. The van der Waals surface area contributed by atoms with Crippen molar-refractivity contribution in [2.45, 2.75) is 26.4 Å². The Kier molecular flexibility index (Phi) is 5.35. The number of hydrogen-bond acceptors (Lipinski definition) is 5. The first-order valence-electron chi connectivity index (χ1n) is 6.29. The minimum absolute atomic E-state index is 0.455. The Labute approximate surface area is 120 Å². The molecule has 0 aliphatic heterocycles. The quantitative estimate of drug-likeness (QED) is 0.767. The second kappa shape index (κ2) is 7.25. The molecule has 0 fully saturated rings. The molecule has 2 aromatic rings. The standard InChI is InChI=1S/C13H17BrN4O/c1-2-7-15-9-12-17-18-13(19-12)16-8-10-3-5-11(14)6-4-10/h3-6,15H,2,7-9H2,1H3,(H,16,18). The Hall–Kier alpha value is -1.40. The first kappa shape index (κ1) is 14.0. The Morgan fingerprint density at radius 1 is 1.16 bits per heavy atom. The summed E-state index contributed by atoms with van der Waals surface area (Å²) in [4.78, 5) is 0. The number of aromatic nitrogens is 2. The van der Waals surface area contributed by atoms with Crippen LogP contribution in [0.5, 0.6) is 0 Å². The second-order valence-electron chi connectivity index (χ2n) is 4.16. The molecule has 1 aromatic heterocycles. The lowest BCUT2D eigenvalue weighted by Gasteiger charge is -2.01. The third-order valence-corrected chi connectivity index (χ3v) is 3.06. The van der Waals surface area contributed by atoms with Crippen LogP contribution in [0.15, 0.2) is 33.2 Å². The summed E-state index contributed by atoms with van der Waals surface area (Å²) in [5, 5.41) is 14.2. The molecule has 0 unspecified atom stereocenters. The van der Waals surface area contributed by atoms with E-state index in [2.05, 4.69) is 43.7 Å². The lowest BCUT2D eigenvalue weighted by molar-refractivity contribution is 0.477. The zero-order chi connectivity index (χ0) is 13.5. The normalized spacial score (nSPS) is 10.6. The van der Waals surface area contributed by atoms with Crippen LogP contribution in [0, 0.1) is 0 Å². The highest BCUT2D eigenvalue weighted by Crippen LogP contribution is 2.12. The SMILES string of the molecule is CCCNCc1nnc(NCc2ccc(Br)cc2)o1. The predicted octanol–water partition coefficient (Wildman–Crippen LogP) is 2.94. The van der Waals surface area contributed by atoms with Crippen molar-refractivity contribution < 1.29 is 4.42 Å². The van der Waals surface area contributed by atoms with Gasteiger partial charge in [-0.25, -0.2) is 0 Å². The minimum atomic E-state index is 0.455. The fraction of sp³-hybridized carbons (Fsp3) is 0.385. The van der Waals surface area contributed by atoms with Gasteiger partial charge in [-0.1, -0.05) is 40.1 Å². The van der Waals surface area contributed by atoms with Crippen molar-refractivity contribution in [3.05, 3.63) is 40.2 Å². The highest BCUT2D eigenvalue weighted by Gasteiger charge is 2.04. The van der Waals surface area contributed by atoms with Gasteiger partial charge in [-0.05, 0) is 30.7 Å². The van der Waals surface area contributed by atoms with Crippen molar-refractivity contribution in [1.29, 1.82) is 0 Å². The van der Waals surface area contributed by atoms with Crippen molar-refractivity contribution >= 4 is 21.9 Å². The first-order chi connectivity index (χ1) is 9.28. The minimum Gasteiger partial charge on any atom is -0.407 e. The van der Waals surface area contributed by atoms with Gasteiger partial charge in [0.2, 0.25) is 5.89 Å². The molecule has 5 nitrogen and oxygen atoms in total. The monoisotopic (exact) mass is 324 g/mol. The third kappa shape index (κ3) is 4.65. The van der Waals surface area contributed by atoms with Crippen molar-refractivity contribution in [2.75, 3.05) is 11.9 Å². The molecule has 0 saturated heterocycles. The topological polar surface area (TPSA) is 63.0 Å². The van der Waals surface area contributed by atoms with E-state index in [1.54, 1.807) is 0 Å². The van der Waals surface area contributed by atoms with Gasteiger partial charge < -0.3 is 15.1 Å². The van der Waals surface area contributed by atoms with Crippen molar-refractivity contribution in [3.63, 3.8) is 0 Å². The van der Waals surface area contributed by atoms with E-state index in [4.69, 9.17) is 4.42 Å². The van der Waals surface area contributed by atoms with Crippen molar-refractivity contribution in [1.82, 2.24) is 15.5 Å². The van der Waals surface area contributed by atoms with Gasteiger partial charge in [-0.15, -0.1) is 5.10 Å². The smallest absolute Gasteiger partial charge is 0.315 e. The molecule has 0 spiro atoms. The maximum Gasteiger partial charge on any atom is 0.315 e. The summed E-state index contributed by atoms with van der Waals surface area (Å²) >= 11 is 3.41. The highest BCUT2D eigenvalue weighted by molar-refractivity contribution is 9.10. The van der Waals surface area contributed by atoms with Crippen LogP contribution in [0.2, 0.25) is 0 Å². The summed E-state index contributed by atoms with van der Waals surface area (Å²) < 4.78 is 6.54. The van der Waals surface area contributed by atoms with E-state index in [0.717, 1.165) is 23.0 Å². The van der Waals surface area contributed by atoms with Crippen LogP contribution in [-0.4, -0.2) is 16.7 Å². The number of nitrogens with zero attached hydrogens (tertiary/aromatic N) is 2. The maximum atomic E-state index is 5.47. The van der Waals surface area contributed by atoms with Crippen molar-refractivity contribution in [2.24, 2.45) is 0 Å². The lowest BCUT2D eigenvalue weighted by Crippen LogP contribution is -2.13. The Balaban J connectivity index is 1.81. The van der Waals surface area contributed by atoms with Crippen LogP contribution in [0.25, 0.3) is 0 Å². The van der Waals surface area contributed by atoms with E-state index in [0.29, 0.717) is 25.0 Å². The van der Waals surface area contributed by atoms with Crippen LogP contribution >= 0.6 is 15.9 Å². The summed E-state index contributed by atoms with van der Waals surface area (Å²) in [5.74, 6) is 0.603. The number of halogens is 1. The van der Waals surface area contributed by atoms with E-state index in [-0.39, 0.29) is 0 Å². The van der Waals surface area contributed by atoms with Gasteiger partial charge in [0.15, 0.2) is 0 Å².